The van der Waals surface area contributed by atoms with Crippen LogP contribution in [0.4, 0.5) is 0 Å². The molecule has 226 valence electrons. The molecule has 16 heteroatoms. The zero-order chi connectivity index (χ0) is 30.2. The summed E-state index contributed by atoms with van der Waals surface area (Å²) < 4.78 is 31.3. The monoisotopic (exact) mass is 688 g/mol. The standard InChI is InChI=1S/C22H60O7Si9/c1-19(25-34(2,3)4)20(21(23)24-26-35(5,6)7)22(32-27-30,38(14,15)29-37(11,12)13)17-16-18-31-33-28-36(8,9)10/h16-18,31-33H2,1-15,30H3. The van der Waals surface area contributed by atoms with Gasteiger partial charge in [0.15, 0.2) is 34.7 Å². The van der Waals surface area contributed by atoms with Gasteiger partial charge in [0, 0.05) is 13.7 Å². The number of allylic oxidation sites excluding steroid dienone is 1. The van der Waals surface area contributed by atoms with Gasteiger partial charge in [-0.15, -0.1) is 0 Å². The van der Waals surface area contributed by atoms with Crippen molar-refractivity contribution in [2.75, 3.05) is 0 Å². The summed E-state index contributed by atoms with van der Waals surface area (Å²) in [6.45, 7) is 32.6. The van der Waals surface area contributed by atoms with Crippen LogP contribution in [0.15, 0.2) is 11.3 Å². The first-order chi connectivity index (χ1) is 16.9. The zero-order valence-electron chi connectivity index (χ0n) is 27.6. The molecule has 0 aliphatic heterocycles. The second kappa shape index (κ2) is 15.3. The van der Waals surface area contributed by atoms with E-state index in [4.69, 9.17) is 26.2 Å². The Bertz CT molecular complexity index is 782. The van der Waals surface area contributed by atoms with Gasteiger partial charge >= 0.3 is 5.97 Å². The molecule has 0 heterocycles. The minimum Gasteiger partial charge on any atom is -0.547 e. The highest BCUT2D eigenvalue weighted by molar-refractivity contribution is 7.00. The number of rotatable bonds is 18. The van der Waals surface area contributed by atoms with Crippen LogP contribution >= 0.6 is 0 Å². The van der Waals surface area contributed by atoms with Crippen LogP contribution in [0.5, 0.6) is 0 Å². The Hall–Kier alpha value is 0.802. The lowest BCUT2D eigenvalue weighted by atomic mass is 10.1. The van der Waals surface area contributed by atoms with Gasteiger partial charge in [0.1, 0.15) is 19.8 Å². The Morgan fingerprint density at radius 3 is 1.79 bits per heavy atom. The van der Waals surface area contributed by atoms with Gasteiger partial charge in [0.25, 0.3) is 0 Å². The highest BCUT2D eigenvalue weighted by Crippen LogP contribution is 2.52. The molecule has 0 radical (unpaired) electrons. The molecule has 0 aromatic carbocycles. The average molecular weight is 689 g/mol. The maximum Gasteiger partial charge on any atom is 0.371 e. The van der Waals surface area contributed by atoms with E-state index in [0.717, 1.165) is 12.8 Å². The van der Waals surface area contributed by atoms with Gasteiger partial charge in [-0.3, -0.25) is 0 Å². The Morgan fingerprint density at radius 2 is 1.37 bits per heavy atom. The highest BCUT2D eigenvalue weighted by Gasteiger charge is 2.56. The van der Waals surface area contributed by atoms with E-state index in [1.807, 2.05) is 26.6 Å². The maximum atomic E-state index is 14.0. The van der Waals surface area contributed by atoms with Gasteiger partial charge < -0.3 is 21.7 Å². The summed E-state index contributed by atoms with van der Waals surface area (Å²) in [7, 11) is -11.1. The first-order valence-electron chi connectivity index (χ1n) is 14.0. The van der Waals surface area contributed by atoms with Crippen molar-refractivity contribution in [2.24, 2.45) is 0 Å². The summed E-state index contributed by atoms with van der Waals surface area (Å²) in [4.78, 5) is 19.6. The van der Waals surface area contributed by atoms with Gasteiger partial charge in [-0.05, 0) is 105 Å². The SMILES string of the molecule is CC(O[Si](C)(C)C)=C(C(=O)OO[Si](C)(C)C)C(CCC[SiH2][SiH2]O[Si](C)(C)C)([SiH2]O[SiH3])[Si](C)(C)O[Si](C)(C)C. The summed E-state index contributed by atoms with van der Waals surface area (Å²) in [5, 5.41) is 0. The topological polar surface area (TPSA) is 72.5 Å². The van der Waals surface area contributed by atoms with Gasteiger partial charge in [0.2, 0.25) is 16.6 Å². The normalized spacial score (nSPS) is 17.1. The molecule has 1 atom stereocenters. The van der Waals surface area contributed by atoms with Crippen LogP contribution in [-0.2, 0) is 31.0 Å². The zero-order valence-corrected chi connectivity index (χ0v) is 38.8. The molecule has 0 aliphatic carbocycles. The molecule has 0 aromatic heterocycles. The van der Waals surface area contributed by atoms with Crippen molar-refractivity contribution in [3.63, 3.8) is 0 Å². The number of hydrogen-bond donors (Lipinski definition) is 0. The molecule has 0 aliphatic rings. The molecule has 1 unspecified atom stereocenters. The van der Waals surface area contributed by atoms with Crippen LogP contribution in [-0.4, -0.2) is 86.1 Å². The van der Waals surface area contributed by atoms with Crippen molar-refractivity contribution in [3.05, 3.63) is 11.3 Å². The summed E-state index contributed by atoms with van der Waals surface area (Å²) in [5.74, 6) is 0.260. The van der Waals surface area contributed by atoms with E-state index in [1.54, 1.807) is 0 Å². The summed E-state index contributed by atoms with van der Waals surface area (Å²) in [6.07, 6.45) is 1.94. The minimum atomic E-state index is -2.52. The highest BCUT2D eigenvalue weighted by atomic mass is 29.2. The van der Waals surface area contributed by atoms with Gasteiger partial charge in [-0.25, -0.2) is 9.37 Å². The van der Waals surface area contributed by atoms with Crippen molar-refractivity contribution >= 4 is 86.1 Å². The van der Waals surface area contributed by atoms with Crippen LogP contribution in [0, 0.1) is 0 Å². The van der Waals surface area contributed by atoms with Crippen LogP contribution in [0.2, 0.25) is 102 Å². The number of carbonyl (C=O) groups is 1. The van der Waals surface area contributed by atoms with E-state index in [9.17, 15) is 4.79 Å². The van der Waals surface area contributed by atoms with E-state index >= 15 is 0 Å². The average Bonchev–Trinajstić information content (AvgIpc) is 2.64. The summed E-state index contributed by atoms with van der Waals surface area (Å²) in [6, 6.07) is 1.23. The van der Waals surface area contributed by atoms with Crippen molar-refractivity contribution < 1.29 is 31.0 Å². The van der Waals surface area contributed by atoms with Crippen molar-refractivity contribution in [3.8, 4) is 0 Å². The van der Waals surface area contributed by atoms with Gasteiger partial charge in [0.05, 0.1) is 11.3 Å². The Kier molecular flexibility index (Phi) is 15.6. The first-order valence-corrected chi connectivity index (χ1v) is 38.2. The minimum absolute atomic E-state index is 0.206. The van der Waals surface area contributed by atoms with Crippen LogP contribution in [0.25, 0.3) is 0 Å². The molecule has 0 aromatic rings. The second-order valence-corrected chi connectivity index (χ2v) is 47.6. The molecule has 0 spiro atoms. The predicted octanol–water partition coefficient (Wildman–Crippen LogP) is 3.77. The predicted molar refractivity (Wildman–Crippen MR) is 187 cm³/mol. The Balaban J connectivity index is 6.75. The fourth-order valence-corrected chi connectivity index (χ4v) is 33.1. The Morgan fingerprint density at radius 1 is 0.816 bits per heavy atom. The quantitative estimate of drug-likeness (QED) is 0.0543. The molecule has 0 rings (SSSR count). The molecule has 0 N–H and O–H groups in total. The number of carbonyl (C=O) groups excluding carboxylic acids is 1. The van der Waals surface area contributed by atoms with E-state index in [0.29, 0.717) is 21.8 Å². The van der Waals surface area contributed by atoms with Crippen LogP contribution in [0.1, 0.15) is 19.8 Å². The van der Waals surface area contributed by atoms with Gasteiger partial charge in [-0.1, -0.05) is 12.5 Å². The molecule has 0 saturated heterocycles. The smallest absolute Gasteiger partial charge is 0.371 e. The lowest BCUT2D eigenvalue weighted by Gasteiger charge is -2.48. The van der Waals surface area contributed by atoms with Crippen molar-refractivity contribution in [1.82, 2.24) is 0 Å². The fraction of sp³-hybridized carbons (Fsp3) is 0.864. The van der Waals surface area contributed by atoms with E-state index in [2.05, 4.69) is 72.0 Å². The lowest BCUT2D eigenvalue weighted by molar-refractivity contribution is -0.215. The molecule has 0 fully saturated rings. The summed E-state index contributed by atoms with van der Waals surface area (Å²) >= 11 is 0. The molecule has 7 nitrogen and oxygen atoms in total. The Labute approximate surface area is 249 Å². The van der Waals surface area contributed by atoms with Crippen LogP contribution in [0.3, 0.4) is 0 Å². The molecular weight excluding hydrogens is 629 g/mol. The lowest BCUT2D eigenvalue weighted by Crippen LogP contribution is -2.57. The van der Waals surface area contributed by atoms with E-state index in [-0.39, 0.29) is 9.04 Å². The second-order valence-electron chi connectivity index (χ2n) is 14.7. The molecule has 38 heavy (non-hydrogen) atoms. The number of hydrogen-bond acceptors (Lipinski definition) is 7. The van der Waals surface area contributed by atoms with E-state index < -0.39 is 71.3 Å². The van der Waals surface area contributed by atoms with Gasteiger partial charge in [-0.2, -0.15) is 0 Å². The van der Waals surface area contributed by atoms with Crippen LogP contribution < -0.4 is 0 Å². The molecule has 0 amide bonds. The molecular formula is C22H60O7Si9. The first kappa shape index (κ1) is 38.8. The van der Waals surface area contributed by atoms with E-state index in [1.165, 1.54) is 6.04 Å². The third kappa shape index (κ3) is 15.1. The largest absolute Gasteiger partial charge is 0.547 e. The molecule has 0 bridgehead atoms. The fourth-order valence-electron chi connectivity index (χ4n) is 4.63. The summed E-state index contributed by atoms with van der Waals surface area (Å²) in [5.41, 5.74) is 0.632. The molecule has 0 saturated carbocycles. The maximum absolute atomic E-state index is 14.0. The third-order valence-corrected chi connectivity index (χ3v) is 29.7. The third-order valence-electron chi connectivity index (χ3n) is 5.75. The van der Waals surface area contributed by atoms with Crippen molar-refractivity contribution in [1.29, 1.82) is 0 Å². The van der Waals surface area contributed by atoms with Crippen molar-refractivity contribution in [2.45, 2.75) is 122 Å².